The van der Waals surface area contributed by atoms with Crippen molar-refractivity contribution in [3.8, 4) is 11.5 Å². The molecule has 3 aromatic rings. The van der Waals surface area contributed by atoms with Crippen LogP contribution in [0.15, 0.2) is 63.8 Å². The Morgan fingerprint density at radius 2 is 1.88 bits per heavy atom. The Balaban J connectivity index is 1.43. The van der Waals surface area contributed by atoms with Crippen molar-refractivity contribution >= 4 is 28.8 Å². The summed E-state index contributed by atoms with van der Waals surface area (Å²) in [6.45, 7) is 1.06. The minimum absolute atomic E-state index is 0.278. The molecular weight excluding hydrogens is 418 g/mol. The average Bonchev–Trinajstić information content (AvgIpc) is 3.01. The first-order chi connectivity index (χ1) is 15.3. The number of fused-ring (bicyclic) bond motifs is 1. The van der Waals surface area contributed by atoms with Gasteiger partial charge < -0.3 is 19.2 Å². The van der Waals surface area contributed by atoms with Gasteiger partial charge in [-0.05, 0) is 42.8 Å². The summed E-state index contributed by atoms with van der Waals surface area (Å²) in [6, 6.07) is 13.6. The van der Waals surface area contributed by atoms with Crippen molar-refractivity contribution in [2.75, 3.05) is 13.7 Å². The largest absolute Gasteiger partial charge is 0.497 e. The number of benzene rings is 2. The number of urea groups is 1. The zero-order valence-corrected chi connectivity index (χ0v) is 17.2. The first-order valence-corrected chi connectivity index (χ1v) is 9.57. The van der Waals surface area contributed by atoms with Crippen LogP contribution < -0.4 is 25.8 Å². The van der Waals surface area contributed by atoms with Crippen LogP contribution in [0.2, 0.25) is 0 Å². The van der Waals surface area contributed by atoms with Crippen molar-refractivity contribution in [2.24, 2.45) is 0 Å². The summed E-state index contributed by atoms with van der Waals surface area (Å²) >= 11 is 0. The van der Waals surface area contributed by atoms with Crippen molar-refractivity contribution in [2.45, 2.75) is 12.5 Å². The highest BCUT2D eigenvalue weighted by Crippen LogP contribution is 2.30. The molecule has 0 bridgehead atoms. The van der Waals surface area contributed by atoms with E-state index >= 15 is 0 Å². The molecule has 4 amide bonds. The second kappa shape index (κ2) is 8.06. The van der Waals surface area contributed by atoms with Gasteiger partial charge in [0.25, 0.3) is 11.8 Å². The van der Waals surface area contributed by atoms with Crippen molar-refractivity contribution in [3.63, 3.8) is 0 Å². The molecule has 0 spiro atoms. The second-order valence-electron chi connectivity index (χ2n) is 7.21. The third-order valence-corrected chi connectivity index (χ3v) is 5.04. The molecule has 10 nitrogen and oxygen atoms in total. The molecule has 32 heavy (non-hydrogen) atoms. The SMILES string of the molecule is COc1cccc([C@@]2(C)NC(=O)N(NC(=O)COc3ccc4ccc(=O)oc4c3)C2=O)c1. The van der Waals surface area contributed by atoms with Gasteiger partial charge in [0.15, 0.2) is 6.61 Å². The Kier molecular flexibility index (Phi) is 5.27. The molecule has 4 rings (SSSR count). The van der Waals surface area contributed by atoms with Crippen molar-refractivity contribution in [3.05, 3.63) is 70.6 Å². The number of hydrogen-bond acceptors (Lipinski definition) is 7. The molecule has 0 radical (unpaired) electrons. The molecule has 2 aromatic carbocycles. The molecular formula is C22H19N3O7. The van der Waals surface area contributed by atoms with Crippen LogP contribution in [0.3, 0.4) is 0 Å². The maximum absolute atomic E-state index is 12.9. The first-order valence-electron chi connectivity index (χ1n) is 9.57. The number of hydrogen-bond donors (Lipinski definition) is 2. The maximum atomic E-state index is 12.9. The molecule has 0 unspecified atom stereocenters. The van der Waals surface area contributed by atoms with Crippen LogP contribution in [-0.2, 0) is 15.1 Å². The molecule has 0 aliphatic carbocycles. The van der Waals surface area contributed by atoms with Crippen LogP contribution in [0.25, 0.3) is 11.0 Å². The lowest BCUT2D eigenvalue weighted by Crippen LogP contribution is -2.49. The van der Waals surface area contributed by atoms with Crippen molar-refractivity contribution in [1.82, 2.24) is 15.8 Å². The lowest BCUT2D eigenvalue weighted by atomic mass is 9.92. The van der Waals surface area contributed by atoms with E-state index in [1.807, 2.05) is 0 Å². The summed E-state index contributed by atoms with van der Waals surface area (Å²) in [5, 5.41) is 3.89. The van der Waals surface area contributed by atoms with Crippen LogP contribution >= 0.6 is 0 Å². The van der Waals surface area contributed by atoms with Gasteiger partial charge in [0.05, 0.1) is 7.11 Å². The lowest BCUT2D eigenvalue weighted by Gasteiger charge is -2.22. The summed E-state index contributed by atoms with van der Waals surface area (Å²) in [7, 11) is 1.49. The molecule has 2 N–H and O–H groups in total. The van der Waals surface area contributed by atoms with Gasteiger partial charge >= 0.3 is 11.7 Å². The third kappa shape index (κ3) is 3.85. The van der Waals surface area contributed by atoms with E-state index < -0.39 is 35.6 Å². The van der Waals surface area contributed by atoms with E-state index in [1.54, 1.807) is 42.5 Å². The van der Waals surface area contributed by atoms with Gasteiger partial charge in [-0.25, -0.2) is 9.59 Å². The van der Waals surface area contributed by atoms with Gasteiger partial charge in [0, 0.05) is 17.5 Å². The number of nitrogens with one attached hydrogen (secondary N) is 2. The van der Waals surface area contributed by atoms with Crippen molar-refractivity contribution < 1.29 is 28.3 Å². The summed E-state index contributed by atoms with van der Waals surface area (Å²) in [5.74, 6) is -0.581. The predicted octanol–water partition coefficient (Wildman–Crippen LogP) is 1.68. The highest BCUT2D eigenvalue weighted by Gasteiger charge is 2.50. The molecule has 2 heterocycles. The van der Waals surface area contributed by atoms with Gasteiger partial charge in [0.1, 0.15) is 22.6 Å². The molecule has 1 fully saturated rings. The monoisotopic (exact) mass is 437 g/mol. The quantitative estimate of drug-likeness (QED) is 0.444. The number of imide groups is 1. The molecule has 10 heteroatoms. The molecule has 1 saturated heterocycles. The van der Waals surface area contributed by atoms with E-state index in [4.69, 9.17) is 13.9 Å². The van der Waals surface area contributed by atoms with Gasteiger partial charge in [-0.15, -0.1) is 0 Å². The maximum Gasteiger partial charge on any atom is 0.344 e. The van der Waals surface area contributed by atoms with Crippen LogP contribution in [-0.4, -0.2) is 36.6 Å². The topological polar surface area (TPSA) is 127 Å². The van der Waals surface area contributed by atoms with E-state index in [0.29, 0.717) is 27.3 Å². The predicted molar refractivity (Wildman–Crippen MR) is 112 cm³/mol. The molecule has 164 valence electrons. The highest BCUT2D eigenvalue weighted by molar-refractivity contribution is 6.08. The smallest absolute Gasteiger partial charge is 0.344 e. The van der Waals surface area contributed by atoms with Gasteiger partial charge in [0.2, 0.25) is 0 Å². The zero-order chi connectivity index (χ0) is 22.9. The molecule has 1 atom stereocenters. The van der Waals surface area contributed by atoms with E-state index in [2.05, 4.69) is 10.7 Å². The fourth-order valence-electron chi connectivity index (χ4n) is 3.31. The minimum Gasteiger partial charge on any atom is -0.497 e. The second-order valence-corrected chi connectivity index (χ2v) is 7.21. The molecule has 1 aromatic heterocycles. The number of nitrogens with zero attached hydrogens (tertiary/aromatic N) is 1. The fraction of sp³-hybridized carbons (Fsp3) is 0.182. The van der Waals surface area contributed by atoms with Crippen LogP contribution in [0.5, 0.6) is 11.5 Å². The normalized spacial score (nSPS) is 17.9. The van der Waals surface area contributed by atoms with Crippen LogP contribution in [0.4, 0.5) is 4.79 Å². The minimum atomic E-state index is -1.38. The van der Waals surface area contributed by atoms with Gasteiger partial charge in [-0.2, -0.15) is 5.01 Å². The van der Waals surface area contributed by atoms with Gasteiger partial charge in [-0.1, -0.05) is 12.1 Å². The third-order valence-electron chi connectivity index (χ3n) is 5.04. The summed E-state index contributed by atoms with van der Waals surface area (Å²) in [5.41, 5.74) is 1.17. The number of hydrazine groups is 1. The van der Waals surface area contributed by atoms with E-state index in [-0.39, 0.29) is 5.75 Å². The number of amides is 4. The Morgan fingerprint density at radius 1 is 1.09 bits per heavy atom. The number of carbonyl (C=O) groups is 3. The number of ether oxygens (including phenoxy) is 2. The molecule has 0 saturated carbocycles. The summed E-state index contributed by atoms with van der Waals surface area (Å²) in [4.78, 5) is 49.0. The van der Waals surface area contributed by atoms with E-state index in [9.17, 15) is 19.2 Å². The fourth-order valence-corrected chi connectivity index (χ4v) is 3.31. The van der Waals surface area contributed by atoms with E-state index in [0.717, 1.165) is 0 Å². The highest BCUT2D eigenvalue weighted by atomic mass is 16.5. The van der Waals surface area contributed by atoms with E-state index in [1.165, 1.54) is 26.2 Å². The zero-order valence-electron chi connectivity index (χ0n) is 17.2. The first kappa shape index (κ1) is 20.9. The summed E-state index contributed by atoms with van der Waals surface area (Å²) in [6.07, 6.45) is 0. The van der Waals surface area contributed by atoms with Crippen LogP contribution in [0, 0.1) is 0 Å². The lowest BCUT2D eigenvalue weighted by molar-refractivity contribution is -0.139. The van der Waals surface area contributed by atoms with Gasteiger partial charge in [-0.3, -0.25) is 15.0 Å². The van der Waals surface area contributed by atoms with Crippen LogP contribution in [0.1, 0.15) is 12.5 Å². The Hall–Kier alpha value is -4.34. The Morgan fingerprint density at radius 3 is 2.66 bits per heavy atom. The number of methoxy groups -OCH3 is 1. The average molecular weight is 437 g/mol. The van der Waals surface area contributed by atoms with Crippen molar-refractivity contribution in [1.29, 1.82) is 0 Å². The number of carbonyl (C=O) groups excluding carboxylic acids is 3. The summed E-state index contributed by atoms with van der Waals surface area (Å²) < 4.78 is 15.7. The Bertz CT molecular complexity index is 1290. The number of rotatable bonds is 6. The standard InChI is InChI=1S/C22H19N3O7/c1-22(14-4-3-5-15(10-14)30-2)20(28)25(21(29)23-22)24-18(26)12-31-16-8-6-13-7-9-19(27)32-17(13)11-16/h3-11H,12H2,1-2H3,(H,23,29)(H,24,26)/t22-/m1/s1. The Labute approximate surface area is 181 Å². The molecule has 1 aliphatic rings. The molecule has 1 aliphatic heterocycles.